The van der Waals surface area contributed by atoms with Gasteiger partial charge in [0.1, 0.15) is 18.1 Å². The maximum absolute atomic E-state index is 6.30. The van der Waals surface area contributed by atoms with Crippen molar-refractivity contribution in [2.45, 2.75) is 25.8 Å². The molecular formula is C25H32N2O2. The predicted molar refractivity (Wildman–Crippen MR) is 122 cm³/mol. The zero-order chi connectivity index (χ0) is 20.5. The molecule has 4 heteroatoms. The SMILES string of the molecule is C=C(C)CCc1c(OC)cc(/C=C/c2ccccc2)cc1OCC1CNCCN1. The molecule has 1 saturated heterocycles. The molecule has 0 aromatic heterocycles. The van der Waals surface area contributed by atoms with Crippen LogP contribution < -0.4 is 20.1 Å². The molecule has 1 aliphatic rings. The van der Waals surface area contributed by atoms with Gasteiger partial charge >= 0.3 is 0 Å². The van der Waals surface area contributed by atoms with Crippen molar-refractivity contribution in [1.82, 2.24) is 10.6 Å². The Balaban J connectivity index is 1.84. The summed E-state index contributed by atoms with van der Waals surface area (Å²) in [6.07, 6.45) is 5.98. The molecule has 2 N–H and O–H groups in total. The first-order valence-electron chi connectivity index (χ1n) is 10.3. The van der Waals surface area contributed by atoms with Crippen molar-refractivity contribution < 1.29 is 9.47 Å². The third-order valence-corrected chi connectivity index (χ3v) is 5.05. The molecule has 0 spiro atoms. The topological polar surface area (TPSA) is 42.5 Å². The van der Waals surface area contributed by atoms with Crippen molar-refractivity contribution in [3.05, 3.63) is 71.3 Å². The summed E-state index contributed by atoms with van der Waals surface area (Å²) in [6, 6.07) is 14.8. The molecule has 0 saturated carbocycles. The lowest BCUT2D eigenvalue weighted by Gasteiger charge is -2.25. The average Bonchev–Trinajstić information content (AvgIpc) is 2.76. The molecule has 1 unspecified atom stereocenters. The summed E-state index contributed by atoms with van der Waals surface area (Å²) < 4.78 is 12.0. The van der Waals surface area contributed by atoms with E-state index in [0.29, 0.717) is 12.6 Å². The molecule has 0 bridgehead atoms. The van der Waals surface area contributed by atoms with Crippen LogP contribution in [-0.2, 0) is 6.42 Å². The summed E-state index contributed by atoms with van der Waals surface area (Å²) >= 11 is 0. The molecule has 1 fully saturated rings. The van der Waals surface area contributed by atoms with E-state index >= 15 is 0 Å². The number of ether oxygens (including phenoxy) is 2. The van der Waals surface area contributed by atoms with Crippen molar-refractivity contribution in [3.63, 3.8) is 0 Å². The van der Waals surface area contributed by atoms with Gasteiger partial charge in [0.2, 0.25) is 0 Å². The molecule has 2 aromatic carbocycles. The quantitative estimate of drug-likeness (QED) is 0.493. The minimum absolute atomic E-state index is 0.312. The summed E-state index contributed by atoms with van der Waals surface area (Å²) in [5.74, 6) is 1.76. The summed E-state index contributed by atoms with van der Waals surface area (Å²) in [5.41, 5.74) is 4.49. The van der Waals surface area contributed by atoms with Gasteiger partial charge in [-0.15, -0.1) is 6.58 Å². The molecule has 0 aliphatic carbocycles. The minimum atomic E-state index is 0.312. The fourth-order valence-corrected chi connectivity index (χ4v) is 3.41. The predicted octanol–water partition coefficient (Wildman–Crippen LogP) is 4.31. The first-order valence-corrected chi connectivity index (χ1v) is 10.3. The second kappa shape index (κ2) is 10.8. The van der Waals surface area contributed by atoms with Crippen LogP contribution in [0.4, 0.5) is 0 Å². The number of hydrogen-bond acceptors (Lipinski definition) is 4. The van der Waals surface area contributed by atoms with Gasteiger partial charge in [-0.3, -0.25) is 0 Å². The summed E-state index contributed by atoms with van der Waals surface area (Å²) in [7, 11) is 1.72. The Morgan fingerprint density at radius 2 is 1.86 bits per heavy atom. The van der Waals surface area contributed by atoms with Crippen molar-refractivity contribution >= 4 is 12.2 Å². The van der Waals surface area contributed by atoms with Crippen LogP contribution in [0.25, 0.3) is 12.2 Å². The number of benzene rings is 2. The van der Waals surface area contributed by atoms with E-state index in [4.69, 9.17) is 9.47 Å². The van der Waals surface area contributed by atoms with Gasteiger partial charge in [0, 0.05) is 25.2 Å². The Hall–Kier alpha value is -2.56. The molecule has 1 aliphatic heterocycles. The van der Waals surface area contributed by atoms with Crippen molar-refractivity contribution in [1.29, 1.82) is 0 Å². The molecular weight excluding hydrogens is 360 g/mol. The molecule has 1 heterocycles. The van der Waals surface area contributed by atoms with E-state index < -0.39 is 0 Å². The second-order valence-corrected chi connectivity index (χ2v) is 7.57. The third kappa shape index (κ3) is 6.48. The highest BCUT2D eigenvalue weighted by Crippen LogP contribution is 2.33. The molecule has 2 aromatic rings. The van der Waals surface area contributed by atoms with Gasteiger partial charge in [0.15, 0.2) is 0 Å². The first kappa shape index (κ1) is 21.2. The monoisotopic (exact) mass is 392 g/mol. The van der Waals surface area contributed by atoms with Crippen molar-refractivity contribution in [3.8, 4) is 11.5 Å². The number of nitrogens with one attached hydrogen (secondary N) is 2. The van der Waals surface area contributed by atoms with Gasteiger partial charge in [0.05, 0.1) is 13.2 Å². The van der Waals surface area contributed by atoms with Crippen LogP contribution in [0.3, 0.4) is 0 Å². The fraction of sp³-hybridized carbons (Fsp3) is 0.360. The van der Waals surface area contributed by atoms with E-state index in [2.05, 4.69) is 60.6 Å². The third-order valence-electron chi connectivity index (χ3n) is 5.05. The molecule has 1 atom stereocenters. The Morgan fingerprint density at radius 1 is 1.10 bits per heavy atom. The smallest absolute Gasteiger partial charge is 0.126 e. The second-order valence-electron chi connectivity index (χ2n) is 7.57. The standard InChI is InChI=1S/C25H32N2O2/c1-19(2)9-12-23-24(28-3)15-21(11-10-20-7-5-4-6-8-20)16-25(23)29-18-22-17-26-13-14-27-22/h4-8,10-11,15-16,22,26-27H,1,9,12-14,17-18H2,2-3H3/b11-10+. The lowest BCUT2D eigenvalue weighted by molar-refractivity contribution is 0.244. The van der Waals surface area contributed by atoms with Gasteiger partial charge in [-0.2, -0.15) is 0 Å². The highest BCUT2D eigenvalue weighted by molar-refractivity contribution is 5.71. The number of piperazine rings is 1. The molecule has 4 nitrogen and oxygen atoms in total. The number of methoxy groups -OCH3 is 1. The number of allylic oxidation sites excluding steroid dienone is 1. The van der Waals surface area contributed by atoms with Crippen LogP contribution in [0.15, 0.2) is 54.6 Å². The van der Waals surface area contributed by atoms with E-state index in [9.17, 15) is 0 Å². The Kier molecular flexibility index (Phi) is 7.91. The number of hydrogen-bond donors (Lipinski definition) is 2. The van der Waals surface area contributed by atoms with Crippen LogP contribution in [0.1, 0.15) is 30.0 Å². The van der Waals surface area contributed by atoms with E-state index in [0.717, 1.165) is 66.2 Å². The Labute approximate surface area is 174 Å². The molecule has 29 heavy (non-hydrogen) atoms. The Bertz CT molecular complexity index is 824. The van der Waals surface area contributed by atoms with E-state index in [1.165, 1.54) is 0 Å². The van der Waals surface area contributed by atoms with Gasteiger partial charge in [-0.1, -0.05) is 48.1 Å². The first-order chi connectivity index (χ1) is 14.2. The zero-order valence-corrected chi connectivity index (χ0v) is 17.5. The highest BCUT2D eigenvalue weighted by atomic mass is 16.5. The van der Waals surface area contributed by atoms with Crippen LogP contribution in [0.5, 0.6) is 11.5 Å². The Morgan fingerprint density at radius 3 is 2.55 bits per heavy atom. The highest BCUT2D eigenvalue weighted by Gasteiger charge is 2.16. The largest absolute Gasteiger partial charge is 0.496 e. The molecule has 154 valence electrons. The van der Waals surface area contributed by atoms with Gasteiger partial charge in [0.25, 0.3) is 0 Å². The van der Waals surface area contributed by atoms with E-state index in [1.54, 1.807) is 7.11 Å². The fourth-order valence-electron chi connectivity index (χ4n) is 3.41. The lowest BCUT2D eigenvalue weighted by atomic mass is 10.0. The van der Waals surface area contributed by atoms with E-state index in [1.807, 2.05) is 18.2 Å². The maximum atomic E-state index is 6.30. The van der Waals surface area contributed by atoms with Gasteiger partial charge < -0.3 is 20.1 Å². The van der Waals surface area contributed by atoms with E-state index in [-0.39, 0.29) is 0 Å². The molecule has 3 rings (SSSR count). The normalized spacial score (nSPS) is 16.7. The summed E-state index contributed by atoms with van der Waals surface area (Å²) in [6.45, 7) is 9.63. The molecule has 0 amide bonds. The minimum Gasteiger partial charge on any atom is -0.496 e. The maximum Gasteiger partial charge on any atom is 0.126 e. The zero-order valence-electron chi connectivity index (χ0n) is 17.5. The summed E-state index contributed by atoms with van der Waals surface area (Å²) in [4.78, 5) is 0. The van der Waals surface area contributed by atoms with Crippen molar-refractivity contribution in [2.24, 2.45) is 0 Å². The summed E-state index contributed by atoms with van der Waals surface area (Å²) in [5, 5.41) is 6.91. The van der Waals surface area contributed by atoms with Crippen LogP contribution >= 0.6 is 0 Å². The van der Waals surface area contributed by atoms with Gasteiger partial charge in [-0.25, -0.2) is 0 Å². The van der Waals surface area contributed by atoms with Crippen LogP contribution in [0, 0.1) is 0 Å². The average molecular weight is 393 g/mol. The van der Waals surface area contributed by atoms with Gasteiger partial charge in [-0.05, 0) is 43.0 Å². The number of rotatable bonds is 9. The van der Waals surface area contributed by atoms with Crippen LogP contribution in [0.2, 0.25) is 0 Å². The lowest BCUT2D eigenvalue weighted by Crippen LogP contribution is -2.51. The van der Waals surface area contributed by atoms with Crippen LogP contribution in [-0.4, -0.2) is 39.4 Å². The van der Waals surface area contributed by atoms with Crippen molar-refractivity contribution in [2.75, 3.05) is 33.4 Å². The molecule has 0 radical (unpaired) electrons.